The highest BCUT2D eigenvalue weighted by atomic mass is 16.4. The molecule has 0 aliphatic carbocycles. The number of hydrogen-bond acceptors (Lipinski definition) is 3. The van der Waals surface area contributed by atoms with Crippen molar-refractivity contribution < 1.29 is 14.7 Å². The Morgan fingerprint density at radius 1 is 1.50 bits per heavy atom. The smallest absolute Gasteiger partial charge is 0.305 e. The largest absolute Gasteiger partial charge is 0.481 e. The average Bonchev–Trinajstić information content (AvgIpc) is 2.75. The number of imidazole rings is 1. The van der Waals surface area contributed by atoms with Gasteiger partial charge < -0.3 is 14.6 Å². The van der Waals surface area contributed by atoms with Crippen LogP contribution in [0.25, 0.3) is 0 Å². The second-order valence-corrected chi connectivity index (χ2v) is 4.67. The number of amides is 1. The van der Waals surface area contributed by atoms with Gasteiger partial charge >= 0.3 is 5.97 Å². The van der Waals surface area contributed by atoms with Gasteiger partial charge in [-0.1, -0.05) is 0 Å². The maximum Gasteiger partial charge on any atom is 0.305 e. The number of aromatic nitrogens is 2. The molecule has 0 radical (unpaired) electrons. The molecule has 1 aromatic heterocycles. The van der Waals surface area contributed by atoms with Crippen LogP contribution in [0.4, 0.5) is 0 Å². The Bertz CT molecular complexity index is 455. The lowest BCUT2D eigenvalue weighted by molar-refractivity contribution is -0.138. The zero-order valence-electron chi connectivity index (χ0n) is 10.4. The van der Waals surface area contributed by atoms with Crippen LogP contribution in [0.5, 0.6) is 0 Å². The van der Waals surface area contributed by atoms with E-state index >= 15 is 0 Å². The summed E-state index contributed by atoms with van der Waals surface area (Å²) in [6, 6.07) is -0.203. The lowest BCUT2D eigenvalue weighted by Gasteiger charge is -2.34. The molecule has 18 heavy (non-hydrogen) atoms. The molecule has 1 N–H and O–H groups in total. The van der Waals surface area contributed by atoms with Gasteiger partial charge in [0, 0.05) is 25.8 Å². The van der Waals surface area contributed by atoms with Crippen molar-refractivity contribution in [1.29, 1.82) is 0 Å². The van der Waals surface area contributed by atoms with E-state index in [1.807, 2.05) is 0 Å². The highest BCUT2D eigenvalue weighted by molar-refractivity contribution is 5.92. The predicted molar refractivity (Wildman–Crippen MR) is 64.1 cm³/mol. The van der Waals surface area contributed by atoms with Crippen molar-refractivity contribution in [2.75, 3.05) is 6.54 Å². The van der Waals surface area contributed by atoms with Gasteiger partial charge in [0.15, 0.2) is 0 Å². The van der Waals surface area contributed by atoms with E-state index in [0.29, 0.717) is 12.2 Å². The second-order valence-electron chi connectivity index (χ2n) is 4.67. The Morgan fingerprint density at radius 2 is 2.28 bits per heavy atom. The summed E-state index contributed by atoms with van der Waals surface area (Å²) in [4.78, 5) is 28.8. The monoisotopic (exact) mass is 251 g/mol. The summed E-state index contributed by atoms with van der Waals surface area (Å²) in [7, 11) is 1.80. The van der Waals surface area contributed by atoms with Crippen molar-refractivity contribution in [2.24, 2.45) is 7.05 Å². The normalized spacial score (nSPS) is 19.8. The van der Waals surface area contributed by atoms with E-state index in [1.165, 1.54) is 0 Å². The van der Waals surface area contributed by atoms with Crippen molar-refractivity contribution in [3.8, 4) is 0 Å². The summed E-state index contributed by atoms with van der Waals surface area (Å²) in [6.45, 7) is 0.618. The number of aryl methyl sites for hydroxylation is 1. The molecule has 0 bridgehead atoms. The first-order valence-electron chi connectivity index (χ1n) is 6.08. The van der Waals surface area contributed by atoms with Crippen LogP contribution in [-0.4, -0.2) is 44.0 Å². The van der Waals surface area contributed by atoms with Crippen LogP contribution in [0.15, 0.2) is 12.5 Å². The summed E-state index contributed by atoms with van der Waals surface area (Å²) in [5.41, 5.74) is 0.384. The fourth-order valence-corrected chi connectivity index (χ4v) is 2.35. The molecule has 0 spiro atoms. The molecule has 0 aromatic carbocycles. The molecule has 0 saturated carbocycles. The number of carbonyl (C=O) groups excluding carboxylic acids is 1. The first-order chi connectivity index (χ1) is 8.58. The molecule has 98 valence electrons. The van der Waals surface area contributed by atoms with Gasteiger partial charge in [-0.2, -0.15) is 0 Å². The van der Waals surface area contributed by atoms with Crippen LogP contribution >= 0.6 is 0 Å². The number of carboxylic acid groups (broad SMARTS) is 1. The van der Waals surface area contributed by atoms with E-state index in [0.717, 1.165) is 19.3 Å². The molecular weight excluding hydrogens is 234 g/mol. The molecule has 2 heterocycles. The summed E-state index contributed by atoms with van der Waals surface area (Å²) >= 11 is 0. The van der Waals surface area contributed by atoms with Crippen LogP contribution in [0.3, 0.4) is 0 Å². The lowest BCUT2D eigenvalue weighted by Crippen LogP contribution is -2.44. The standard InChI is InChI=1S/C12H17N3O3/c1-14-7-10(13-8-14)12(18)15-5-3-2-4-9(15)6-11(16)17/h7-9H,2-6H2,1H3,(H,16,17)/t9-/m1/s1. The van der Waals surface area contributed by atoms with Crippen molar-refractivity contribution in [3.05, 3.63) is 18.2 Å². The minimum atomic E-state index is -0.860. The summed E-state index contributed by atoms with van der Waals surface area (Å²) < 4.78 is 1.71. The molecule has 1 fully saturated rings. The maximum atomic E-state index is 12.3. The molecule has 6 nitrogen and oxygen atoms in total. The van der Waals surface area contributed by atoms with Gasteiger partial charge in [0.25, 0.3) is 5.91 Å². The van der Waals surface area contributed by atoms with E-state index in [4.69, 9.17) is 5.11 Å². The third-order valence-electron chi connectivity index (χ3n) is 3.22. The molecule has 1 aromatic rings. The van der Waals surface area contributed by atoms with E-state index in [9.17, 15) is 9.59 Å². The molecule has 0 unspecified atom stereocenters. The van der Waals surface area contributed by atoms with Gasteiger partial charge in [0.2, 0.25) is 0 Å². The Balaban J connectivity index is 2.13. The molecule has 6 heteroatoms. The van der Waals surface area contributed by atoms with Crippen LogP contribution in [0, 0.1) is 0 Å². The van der Waals surface area contributed by atoms with E-state index in [2.05, 4.69) is 4.98 Å². The van der Waals surface area contributed by atoms with Crippen LogP contribution in [-0.2, 0) is 11.8 Å². The second kappa shape index (κ2) is 5.20. The fourth-order valence-electron chi connectivity index (χ4n) is 2.35. The zero-order valence-corrected chi connectivity index (χ0v) is 10.4. The zero-order chi connectivity index (χ0) is 13.1. The van der Waals surface area contributed by atoms with Crippen LogP contribution in [0.1, 0.15) is 36.2 Å². The topological polar surface area (TPSA) is 75.4 Å². The summed E-state index contributed by atoms with van der Waals surface area (Å²) in [6.07, 6.45) is 5.90. The van der Waals surface area contributed by atoms with Crippen LogP contribution in [0.2, 0.25) is 0 Å². The molecular formula is C12H17N3O3. The minimum Gasteiger partial charge on any atom is -0.481 e. The van der Waals surface area contributed by atoms with Gasteiger partial charge in [-0.15, -0.1) is 0 Å². The number of rotatable bonds is 3. The first-order valence-corrected chi connectivity index (χ1v) is 6.08. The van der Waals surface area contributed by atoms with Gasteiger partial charge in [-0.25, -0.2) is 4.98 Å². The van der Waals surface area contributed by atoms with Gasteiger partial charge in [0.1, 0.15) is 5.69 Å². The van der Waals surface area contributed by atoms with Crippen LogP contribution < -0.4 is 0 Å². The number of carboxylic acids is 1. The van der Waals surface area contributed by atoms with Crippen molar-refractivity contribution in [2.45, 2.75) is 31.7 Å². The third kappa shape index (κ3) is 2.69. The quantitative estimate of drug-likeness (QED) is 0.865. The molecule has 1 saturated heterocycles. The molecule has 2 rings (SSSR count). The number of likely N-dealkylation sites (tertiary alicyclic amines) is 1. The van der Waals surface area contributed by atoms with E-state index in [-0.39, 0.29) is 18.4 Å². The molecule has 1 amide bonds. The Hall–Kier alpha value is -1.85. The third-order valence-corrected chi connectivity index (χ3v) is 3.22. The number of aliphatic carboxylic acids is 1. The van der Waals surface area contributed by atoms with Crippen molar-refractivity contribution in [1.82, 2.24) is 14.5 Å². The van der Waals surface area contributed by atoms with Gasteiger partial charge in [-0.05, 0) is 19.3 Å². The lowest BCUT2D eigenvalue weighted by atomic mass is 9.99. The number of nitrogens with zero attached hydrogens (tertiary/aromatic N) is 3. The predicted octanol–water partition coefficient (Wildman–Crippen LogP) is 0.890. The Morgan fingerprint density at radius 3 is 2.89 bits per heavy atom. The minimum absolute atomic E-state index is 0.0125. The first kappa shape index (κ1) is 12.6. The SMILES string of the molecule is Cn1cnc(C(=O)N2CCCC[C@@H]2CC(=O)O)c1. The average molecular weight is 251 g/mol. The number of hydrogen-bond donors (Lipinski definition) is 1. The number of piperidine rings is 1. The molecule has 1 aliphatic heterocycles. The van der Waals surface area contributed by atoms with Gasteiger partial charge in [0.05, 0.1) is 12.7 Å². The Labute approximate surface area is 105 Å². The highest BCUT2D eigenvalue weighted by Crippen LogP contribution is 2.21. The summed E-state index contributed by atoms with van der Waals surface area (Å²) in [5, 5.41) is 8.88. The van der Waals surface area contributed by atoms with E-state index in [1.54, 1.807) is 29.0 Å². The van der Waals surface area contributed by atoms with E-state index < -0.39 is 5.97 Å². The highest BCUT2D eigenvalue weighted by Gasteiger charge is 2.29. The van der Waals surface area contributed by atoms with Crippen molar-refractivity contribution in [3.63, 3.8) is 0 Å². The van der Waals surface area contributed by atoms with Gasteiger partial charge in [-0.3, -0.25) is 9.59 Å². The Kier molecular flexibility index (Phi) is 3.64. The maximum absolute atomic E-state index is 12.3. The fraction of sp³-hybridized carbons (Fsp3) is 0.583. The van der Waals surface area contributed by atoms with Crippen molar-refractivity contribution >= 4 is 11.9 Å². The number of carbonyl (C=O) groups is 2. The molecule has 1 atom stereocenters. The molecule has 1 aliphatic rings. The summed E-state index contributed by atoms with van der Waals surface area (Å²) in [5.74, 6) is -1.03.